The van der Waals surface area contributed by atoms with Crippen LogP contribution in [0.15, 0.2) is 0 Å². The molecule has 68 valence electrons. The van der Waals surface area contributed by atoms with Crippen LogP contribution >= 0.6 is 0 Å². The van der Waals surface area contributed by atoms with Crippen molar-refractivity contribution in [1.82, 2.24) is 0 Å². The van der Waals surface area contributed by atoms with Crippen LogP contribution in [0.25, 0.3) is 0 Å². The Labute approximate surface area is 64.2 Å². The van der Waals surface area contributed by atoms with Crippen LogP contribution in [0.4, 0.5) is 4.39 Å². The summed E-state index contributed by atoms with van der Waals surface area (Å²) in [5.74, 6) is 0. The Kier molecular flexibility index (Phi) is 5.31. The Balaban J connectivity index is 3.55. The first-order valence-electron chi connectivity index (χ1n) is 3.32. The van der Waals surface area contributed by atoms with Gasteiger partial charge in [-0.15, -0.1) is 0 Å². The first-order valence-corrected chi connectivity index (χ1v) is 3.32. The van der Waals surface area contributed by atoms with Crippen molar-refractivity contribution in [2.24, 2.45) is 0 Å². The van der Waals surface area contributed by atoms with Gasteiger partial charge in [-0.25, -0.2) is 4.39 Å². The molecule has 0 rings (SSSR count). The summed E-state index contributed by atoms with van der Waals surface area (Å²) < 4.78 is 16.9. The maximum atomic E-state index is 12.5. The number of hydrogen-bond donors (Lipinski definition) is 3. The zero-order valence-corrected chi connectivity index (χ0v) is 6.27. The highest BCUT2D eigenvalue weighted by atomic mass is 19.1. The molecule has 0 heterocycles. The molecule has 3 N–H and O–H groups in total. The summed E-state index contributed by atoms with van der Waals surface area (Å²) in [7, 11) is 0. The second-order valence-electron chi connectivity index (χ2n) is 2.17. The fourth-order valence-corrected chi connectivity index (χ4v) is 0.504. The molecule has 0 spiro atoms. The summed E-state index contributed by atoms with van der Waals surface area (Å²) in [4.78, 5) is 0. The van der Waals surface area contributed by atoms with Gasteiger partial charge >= 0.3 is 0 Å². The second kappa shape index (κ2) is 5.42. The van der Waals surface area contributed by atoms with Gasteiger partial charge in [0.25, 0.3) is 0 Å². The number of alkyl halides is 1. The van der Waals surface area contributed by atoms with Crippen molar-refractivity contribution in [3.05, 3.63) is 0 Å². The fourth-order valence-electron chi connectivity index (χ4n) is 0.504. The molecule has 0 radical (unpaired) electrons. The van der Waals surface area contributed by atoms with E-state index in [0.29, 0.717) is 0 Å². The van der Waals surface area contributed by atoms with Crippen LogP contribution in [0.2, 0.25) is 0 Å². The number of aliphatic hydroxyl groups excluding tert-OH is 3. The average Bonchev–Trinajstić information content (AvgIpc) is 1.98. The van der Waals surface area contributed by atoms with Crippen LogP contribution in [-0.4, -0.2) is 47.1 Å². The molecule has 0 amide bonds. The molecule has 0 saturated heterocycles. The number of rotatable bonds is 5. The molecule has 0 bridgehead atoms. The standard InChI is InChI=1S/C6H13FO4/c1-4(9)5(7)6(10)11-3-2-8/h4-6,8-10H,2-3H2,1H3/t4?,5?,6-/m1/s1. The van der Waals surface area contributed by atoms with Crippen LogP contribution in [0.3, 0.4) is 0 Å². The van der Waals surface area contributed by atoms with E-state index in [9.17, 15) is 4.39 Å². The summed E-state index contributed by atoms with van der Waals surface area (Å²) in [5.41, 5.74) is 0. The van der Waals surface area contributed by atoms with Crippen LogP contribution in [-0.2, 0) is 4.74 Å². The van der Waals surface area contributed by atoms with Crippen LogP contribution < -0.4 is 0 Å². The molecule has 0 aromatic rings. The monoisotopic (exact) mass is 168 g/mol. The minimum atomic E-state index is -1.83. The molecule has 0 aliphatic heterocycles. The third-order valence-electron chi connectivity index (χ3n) is 1.11. The average molecular weight is 168 g/mol. The van der Waals surface area contributed by atoms with Gasteiger partial charge in [-0.05, 0) is 6.92 Å². The Morgan fingerprint density at radius 1 is 1.45 bits per heavy atom. The molecule has 0 aromatic heterocycles. The van der Waals surface area contributed by atoms with Gasteiger partial charge in [0.1, 0.15) is 0 Å². The Morgan fingerprint density at radius 2 is 2.00 bits per heavy atom. The molecule has 0 aromatic carbocycles. The van der Waals surface area contributed by atoms with Crippen molar-refractivity contribution in [3.8, 4) is 0 Å². The number of ether oxygens (including phenoxy) is 1. The van der Waals surface area contributed by atoms with Gasteiger partial charge in [0.15, 0.2) is 12.5 Å². The van der Waals surface area contributed by atoms with E-state index in [4.69, 9.17) is 15.3 Å². The van der Waals surface area contributed by atoms with Crippen molar-refractivity contribution < 1.29 is 24.4 Å². The maximum absolute atomic E-state index is 12.5. The predicted octanol–water partition coefficient (Wildman–Crippen LogP) is -0.967. The second-order valence-corrected chi connectivity index (χ2v) is 2.17. The lowest BCUT2D eigenvalue weighted by Crippen LogP contribution is -2.34. The van der Waals surface area contributed by atoms with E-state index in [1.165, 1.54) is 6.92 Å². The van der Waals surface area contributed by atoms with Gasteiger partial charge in [0, 0.05) is 0 Å². The van der Waals surface area contributed by atoms with E-state index in [0.717, 1.165) is 0 Å². The van der Waals surface area contributed by atoms with Crippen molar-refractivity contribution >= 4 is 0 Å². The van der Waals surface area contributed by atoms with Gasteiger partial charge < -0.3 is 20.1 Å². The summed E-state index contributed by atoms with van der Waals surface area (Å²) in [6.07, 6.45) is -4.77. The zero-order valence-electron chi connectivity index (χ0n) is 6.27. The third kappa shape index (κ3) is 4.26. The SMILES string of the molecule is CC(O)C(F)[C@H](O)OCCO. The Hall–Kier alpha value is -0.230. The molecule has 0 fully saturated rings. The molecular weight excluding hydrogens is 155 g/mol. The van der Waals surface area contributed by atoms with Gasteiger partial charge in [-0.1, -0.05) is 0 Å². The van der Waals surface area contributed by atoms with Crippen molar-refractivity contribution in [2.45, 2.75) is 25.5 Å². The minimum Gasteiger partial charge on any atom is -0.394 e. The zero-order chi connectivity index (χ0) is 8.85. The summed E-state index contributed by atoms with van der Waals surface area (Å²) in [5, 5.41) is 25.6. The van der Waals surface area contributed by atoms with Crippen molar-refractivity contribution in [1.29, 1.82) is 0 Å². The third-order valence-corrected chi connectivity index (χ3v) is 1.11. The summed E-state index contributed by atoms with van der Waals surface area (Å²) in [6, 6.07) is 0. The first kappa shape index (κ1) is 10.8. The molecule has 2 unspecified atom stereocenters. The minimum absolute atomic E-state index is 0.145. The molecular formula is C6H13FO4. The summed E-state index contributed by atoms with van der Waals surface area (Å²) >= 11 is 0. The lowest BCUT2D eigenvalue weighted by Gasteiger charge is -2.17. The van der Waals surface area contributed by atoms with Gasteiger partial charge in [-0.2, -0.15) is 0 Å². The molecule has 0 saturated carbocycles. The predicted molar refractivity (Wildman–Crippen MR) is 35.6 cm³/mol. The van der Waals surface area contributed by atoms with Gasteiger partial charge in [0.05, 0.1) is 19.3 Å². The highest BCUT2D eigenvalue weighted by Gasteiger charge is 2.23. The van der Waals surface area contributed by atoms with Crippen molar-refractivity contribution in [2.75, 3.05) is 13.2 Å². The van der Waals surface area contributed by atoms with Gasteiger partial charge in [-0.3, -0.25) is 0 Å². The van der Waals surface area contributed by atoms with E-state index in [1.54, 1.807) is 0 Å². The Bertz CT molecular complexity index is 98.6. The van der Waals surface area contributed by atoms with Crippen LogP contribution in [0, 0.1) is 0 Å². The summed E-state index contributed by atoms with van der Waals surface area (Å²) in [6.45, 7) is 0.772. The number of halogens is 1. The van der Waals surface area contributed by atoms with E-state index in [2.05, 4.69) is 4.74 Å². The Morgan fingerprint density at radius 3 is 2.36 bits per heavy atom. The van der Waals surface area contributed by atoms with E-state index in [1.807, 2.05) is 0 Å². The molecule has 5 heteroatoms. The lowest BCUT2D eigenvalue weighted by atomic mass is 10.2. The molecule has 0 aliphatic rings. The van der Waals surface area contributed by atoms with Crippen LogP contribution in [0.1, 0.15) is 6.92 Å². The lowest BCUT2D eigenvalue weighted by molar-refractivity contribution is -0.165. The highest BCUT2D eigenvalue weighted by Crippen LogP contribution is 2.05. The largest absolute Gasteiger partial charge is 0.394 e. The number of aliphatic hydroxyl groups is 3. The number of hydrogen-bond acceptors (Lipinski definition) is 4. The quantitative estimate of drug-likeness (QED) is 0.462. The normalized spacial score (nSPS) is 19.4. The van der Waals surface area contributed by atoms with E-state index in [-0.39, 0.29) is 13.2 Å². The first-order chi connectivity index (χ1) is 5.09. The fraction of sp³-hybridized carbons (Fsp3) is 1.00. The smallest absolute Gasteiger partial charge is 0.188 e. The van der Waals surface area contributed by atoms with Crippen LogP contribution in [0.5, 0.6) is 0 Å². The van der Waals surface area contributed by atoms with Crippen molar-refractivity contribution in [3.63, 3.8) is 0 Å². The maximum Gasteiger partial charge on any atom is 0.188 e. The molecule has 0 aliphatic carbocycles. The topological polar surface area (TPSA) is 69.9 Å². The highest BCUT2D eigenvalue weighted by molar-refractivity contribution is 4.64. The van der Waals surface area contributed by atoms with E-state index >= 15 is 0 Å². The molecule has 3 atom stereocenters. The van der Waals surface area contributed by atoms with Gasteiger partial charge in [0.2, 0.25) is 0 Å². The molecule has 11 heavy (non-hydrogen) atoms. The molecule has 4 nitrogen and oxygen atoms in total. The van der Waals surface area contributed by atoms with E-state index < -0.39 is 18.6 Å².